The monoisotopic (exact) mass is 339 g/mol. The van der Waals surface area contributed by atoms with Gasteiger partial charge in [-0.1, -0.05) is 12.1 Å². The maximum absolute atomic E-state index is 12.9. The summed E-state index contributed by atoms with van der Waals surface area (Å²) in [6.45, 7) is 2.85. The van der Waals surface area contributed by atoms with E-state index in [1.165, 1.54) is 0 Å². The molecule has 1 N–H and O–H groups in total. The van der Waals surface area contributed by atoms with Gasteiger partial charge < -0.3 is 15.0 Å². The van der Waals surface area contributed by atoms with Crippen LogP contribution < -0.4 is 10.1 Å². The second kappa shape index (κ2) is 7.34. The van der Waals surface area contributed by atoms with Crippen LogP contribution >= 0.6 is 0 Å². The molecule has 2 aromatic rings. The van der Waals surface area contributed by atoms with E-state index in [1.54, 1.807) is 30.5 Å². The van der Waals surface area contributed by atoms with Crippen molar-refractivity contribution in [3.8, 4) is 16.9 Å². The molecule has 6 heteroatoms. The SMILES string of the molecule is COc1cncc(-c2cccc(C(=O)N3CCC(=O)NC[C@@H]3C)c2)c1. The minimum Gasteiger partial charge on any atom is -0.495 e. The van der Waals surface area contributed by atoms with Crippen molar-refractivity contribution >= 4 is 11.8 Å². The number of pyridine rings is 1. The lowest BCUT2D eigenvalue weighted by molar-refractivity contribution is -0.120. The number of carbonyl (C=O) groups excluding carboxylic acids is 2. The number of nitrogens with one attached hydrogen (secondary N) is 1. The molecule has 130 valence electrons. The highest BCUT2D eigenvalue weighted by Gasteiger charge is 2.25. The van der Waals surface area contributed by atoms with Crippen molar-refractivity contribution < 1.29 is 14.3 Å². The molecule has 0 saturated carbocycles. The summed E-state index contributed by atoms with van der Waals surface area (Å²) in [5.74, 6) is 0.583. The van der Waals surface area contributed by atoms with Crippen LogP contribution in [0.15, 0.2) is 42.7 Å². The van der Waals surface area contributed by atoms with Crippen molar-refractivity contribution in [1.82, 2.24) is 15.2 Å². The Morgan fingerprint density at radius 1 is 1.28 bits per heavy atom. The van der Waals surface area contributed by atoms with Gasteiger partial charge in [-0.05, 0) is 30.7 Å². The maximum atomic E-state index is 12.9. The van der Waals surface area contributed by atoms with Gasteiger partial charge in [-0.2, -0.15) is 0 Å². The van der Waals surface area contributed by atoms with E-state index < -0.39 is 0 Å². The summed E-state index contributed by atoms with van der Waals surface area (Å²) in [6, 6.07) is 9.28. The third-order valence-electron chi connectivity index (χ3n) is 4.36. The summed E-state index contributed by atoms with van der Waals surface area (Å²) >= 11 is 0. The zero-order chi connectivity index (χ0) is 17.8. The van der Waals surface area contributed by atoms with Crippen molar-refractivity contribution in [2.24, 2.45) is 0 Å². The van der Waals surface area contributed by atoms with Crippen molar-refractivity contribution in [3.63, 3.8) is 0 Å². The lowest BCUT2D eigenvalue weighted by Gasteiger charge is -2.26. The van der Waals surface area contributed by atoms with E-state index in [0.717, 1.165) is 11.1 Å². The molecule has 0 bridgehead atoms. The van der Waals surface area contributed by atoms with E-state index in [1.807, 2.05) is 31.2 Å². The summed E-state index contributed by atoms with van der Waals surface area (Å²) < 4.78 is 5.21. The molecule has 0 radical (unpaired) electrons. The topological polar surface area (TPSA) is 71.5 Å². The van der Waals surface area contributed by atoms with Crippen molar-refractivity contribution in [1.29, 1.82) is 0 Å². The second-order valence-corrected chi connectivity index (χ2v) is 6.10. The Hall–Kier alpha value is -2.89. The number of nitrogens with zero attached hydrogens (tertiary/aromatic N) is 2. The molecule has 2 amide bonds. The van der Waals surface area contributed by atoms with Gasteiger partial charge in [-0.15, -0.1) is 0 Å². The fourth-order valence-corrected chi connectivity index (χ4v) is 2.89. The van der Waals surface area contributed by atoms with Gasteiger partial charge >= 0.3 is 0 Å². The first-order chi connectivity index (χ1) is 12.1. The number of ether oxygens (including phenoxy) is 1. The van der Waals surface area contributed by atoms with Gasteiger partial charge in [0.2, 0.25) is 5.91 Å². The Morgan fingerprint density at radius 2 is 2.12 bits per heavy atom. The van der Waals surface area contributed by atoms with Gasteiger partial charge in [0.1, 0.15) is 5.75 Å². The molecule has 1 fully saturated rings. The van der Waals surface area contributed by atoms with E-state index >= 15 is 0 Å². The first-order valence-electron chi connectivity index (χ1n) is 8.25. The van der Waals surface area contributed by atoms with Crippen LogP contribution in [0.2, 0.25) is 0 Å². The molecule has 0 spiro atoms. The quantitative estimate of drug-likeness (QED) is 0.930. The number of hydrogen-bond acceptors (Lipinski definition) is 4. The second-order valence-electron chi connectivity index (χ2n) is 6.10. The molecule has 1 aliphatic rings. The molecule has 1 aromatic heterocycles. The predicted octanol–water partition coefficient (Wildman–Crippen LogP) is 2.11. The molecule has 25 heavy (non-hydrogen) atoms. The highest BCUT2D eigenvalue weighted by atomic mass is 16.5. The number of methoxy groups -OCH3 is 1. The Bertz CT molecular complexity index is 791. The molecular formula is C19H21N3O3. The van der Waals surface area contributed by atoms with Crippen LogP contribution in [0.25, 0.3) is 11.1 Å². The Labute approximate surface area is 146 Å². The Balaban J connectivity index is 1.87. The first-order valence-corrected chi connectivity index (χ1v) is 8.25. The summed E-state index contributed by atoms with van der Waals surface area (Å²) in [4.78, 5) is 30.4. The number of rotatable bonds is 3. The molecule has 2 heterocycles. The van der Waals surface area contributed by atoms with Crippen LogP contribution in [0.3, 0.4) is 0 Å². The zero-order valence-electron chi connectivity index (χ0n) is 14.4. The molecule has 6 nitrogen and oxygen atoms in total. The van der Waals surface area contributed by atoms with Crippen LogP contribution in [0.4, 0.5) is 0 Å². The van der Waals surface area contributed by atoms with Gasteiger partial charge in [0.25, 0.3) is 5.91 Å². The van der Waals surface area contributed by atoms with E-state index in [2.05, 4.69) is 10.3 Å². The highest BCUT2D eigenvalue weighted by Crippen LogP contribution is 2.24. The Morgan fingerprint density at radius 3 is 2.92 bits per heavy atom. The predicted molar refractivity (Wildman–Crippen MR) is 94.4 cm³/mol. The number of amides is 2. The van der Waals surface area contributed by atoms with Gasteiger partial charge in [-0.25, -0.2) is 0 Å². The molecule has 1 aromatic carbocycles. The van der Waals surface area contributed by atoms with Gasteiger partial charge in [0, 0.05) is 42.9 Å². The number of hydrogen-bond donors (Lipinski definition) is 1. The van der Waals surface area contributed by atoms with Crippen molar-refractivity contribution in [2.45, 2.75) is 19.4 Å². The minimum absolute atomic E-state index is 0.0154. The van der Waals surface area contributed by atoms with Crippen LogP contribution in [0.1, 0.15) is 23.7 Å². The lowest BCUT2D eigenvalue weighted by atomic mass is 10.0. The van der Waals surface area contributed by atoms with Crippen molar-refractivity contribution in [2.75, 3.05) is 20.2 Å². The molecule has 1 atom stereocenters. The fraction of sp³-hybridized carbons (Fsp3) is 0.316. The van der Waals surface area contributed by atoms with E-state index in [0.29, 0.717) is 30.8 Å². The summed E-state index contributed by atoms with van der Waals surface area (Å²) in [6.07, 6.45) is 3.71. The average molecular weight is 339 g/mol. The largest absolute Gasteiger partial charge is 0.495 e. The smallest absolute Gasteiger partial charge is 0.254 e. The summed E-state index contributed by atoms with van der Waals surface area (Å²) in [5.41, 5.74) is 2.38. The standard InChI is InChI=1S/C19H21N3O3/c1-13-10-21-18(23)6-7-22(13)19(24)15-5-3-4-14(8-15)16-9-17(25-2)12-20-11-16/h3-5,8-9,11-13H,6-7,10H2,1-2H3,(H,21,23)/t13-/m0/s1. The Kier molecular flexibility index (Phi) is 4.97. The maximum Gasteiger partial charge on any atom is 0.254 e. The molecule has 1 aliphatic heterocycles. The molecule has 0 aliphatic carbocycles. The zero-order valence-corrected chi connectivity index (χ0v) is 14.4. The number of aromatic nitrogens is 1. The lowest BCUT2D eigenvalue weighted by Crippen LogP contribution is -2.41. The van der Waals surface area contributed by atoms with E-state index in [-0.39, 0.29) is 17.9 Å². The van der Waals surface area contributed by atoms with Crippen molar-refractivity contribution in [3.05, 3.63) is 48.3 Å². The summed E-state index contributed by atoms with van der Waals surface area (Å²) in [7, 11) is 1.59. The molecule has 3 rings (SSSR count). The van der Waals surface area contributed by atoms with Crippen LogP contribution in [0.5, 0.6) is 5.75 Å². The highest BCUT2D eigenvalue weighted by molar-refractivity contribution is 5.96. The number of carbonyl (C=O) groups is 2. The third-order valence-corrected chi connectivity index (χ3v) is 4.36. The minimum atomic E-state index is -0.0679. The third kappa shape index (κ3) is 3.79. The molecule has 0 unspecified atom stereocenters. The average Bonchev–Trinajstić information content (AvgIpc) is 2.82. The van der Waals surface area contributed by atoms with Gasteiger partial charge in [-0.3, -0.25) is 14.6 Å². The van der Waals surface area contributed by atoms with Gasteiger partial charge in [0.05, 0.1) is 13.3 Å². The van der Waals surface area contributed by atoms with E-state index in [9.17, 15) is 9.59 Å². The molecule has 1 saturated heterocycles. The molecular weight excluding hydrogens is 318 g/mol. The van der Waals surface area contributed by atoms with Gasteiger partial charge in [0.15, 0.2) is 0 Å². The number of benzene rings is 1. The van der Waals surface area contributed by atoms with Crippen LogP contribution in [0, 0.1) is 0 Å². The van der Waals surface area contributed by atoms with Crippen LogP contribution in [-0.4, -0.2) is 47.9 Å². The summed E-state index contributed by atoms with van der Waals surface area (Å²) in [5, 5.41) is 2.83. The van der Waals surface area contributed by atoms with E-state index in [4.69, 9.17) is 4.74 Å². The normalized spacial score (nSPS) is 17.6. The fourth-order valence-electron chi connectivity index (χ4n) is 2.89. The first kappa shape index (κ1) is 17.0. The van der Waals surface area contributed by atoms with Crippen LogP contribution in [-0.2, 0) is 4.79 Å².